The standard InChI is InChI=1S/C13H18FN3O/c1-18-12-4-3-9(7-10(12)14)11-8-17-6-2-5-15-13(17)16-11/h3-4,7,11,13,15-16H,2,5-6,8H2,1H3. The van der Waals surface area contributed by atoms with Crippen LogP contribution in [-0.4, -0.2) is 37.9 Å². The van der Waals surface area contributed by atoms with Crippen LogP contribution in [0.1, 0.15) is 18.0 Å². The highest BCUT2D eigenvalue weighted by Crippen LogP contribution is 2.26. The molecule has 98 valence electrons. The summed E-state index contributed by atoms with van der Waals surface area (Å²) < 4.78 is 18.6. The van der Waals surface area contributed by atoms with Crippen LogP contribution in [0.2, 0.25) is 0 Å². The summed E-state index contributed by atoms with van der Waals surface area (Å²) in [5.74, 6) is 0.00206. The summed E-state index contributed by atoms with van der Waals surface area (Å²) in [4.78, 5) is 2.36. The molecule has 2 unspecified atom stereocenters. The number of nitrogens with one attached hydrogen (secondary N) is 2. The molecule has 2 N–H and O–H groups in total. The van der Waals surface area contributed by atoms with Crippen molar-refractivity contribution >= 4 is 0 Å². The van der Waals surface area contributed by atoms with Crippen molar-refractivity contribution in [1.82, 2.24) is 15.5 Å². The van der Waals surface area contributed by atoms with Gasteiger partial charge in [0, 0.05) is 19.1 Å². The molecule has 3 rings (SSSR count). The van der Waals surface area contributed by atoms with E-state index in [1.807, 2.05) is 6.07 Å². The molecule has 2 aliphatic rings. The van der Waals surface area contributed by atoms with E-state index in [1.54, 1.807) is 12.1 Å². The summed E-state index contributed by atoms with van der Waals surface area (Å²) >= 11 is 0. The van der Waals surface area contributed by atoms with Gasteiger partial charge in [0.25, 0.3) is 0 Å². The van der Waals surface area contributed by atoms with E-state index < -0.39 is 0 Å². The third kappa shape index (κ3) is 2.09. The van der Waals surface area contributed by atoms with Crippen LogP contribution in [0.5, 0.6) is 5.75 Å². The number of hydrogen-bond donors (Lipinski definition) is 2. The van der Waals surface area contributed by atoms with Crippen molar-refractivity contribution in [2.24, 2.45) is 0 Å². The molecule has 18 heavy (non-hydrogen) atoms. The number of benzene rings is 1. The molecule has 0 aliphatic carbocycles. The molecule has 2 heterocycles. The molecule has 2 atom stereocenters. The maximum Gasteiger partial charge on any atom is 0.165 e. The van der Waals surface area contributed by atoms with Gasteiger partial charge in [0.05, 0.1) is 7.11 Å². The maximum absolute atomic E-state index is 13.7. The molecule has 0 aromatic heterocycles. The van der Waals surface area contributed by atoms with Crippen molar-refractivity contribution < 1.29 is 9.13 Å². The van der Waals surface area contributed by atoms with E-state index in [1.165, 1.54) is 13.5 Å². The largest absolute Gasteiger partial charge is 0.494 e. The first-order valence-corrected chi connectivity index (χ1v) is 6.35. The van der Waals surface area contributed by atoms with Crippen LogP contribution >= 0.6 is 0 Å². The Bertz CT molecular complexity index is 426. The average Bonchev–Trinajstić information content (AvgIpc) is 2.82. The highest BCUT2D eigenvalue weighted by atomic mass is 19.1. The highest BCUT2D eigenvalue weighted by Gasteiger charge is 2.33. The van der Waals surface area contributed by atoms with Gasteiger partial charge in [-0.3, -0.25) is 15.5 Å². The van der Waals surface area contributed by atoms with Crippen molar-refractivity contribution in [2.75, 3.05) is 26.7 Å². The van der Waals surface area contributed by atoms with Crippen LogP contribution in [0.25, 0.3) is 0 Å². The van der Waals surface area contributed by atoms with Gasteiger partial charge < -0.3 is 4.74 Å². The third-order valence-corrected chi connectivity index (χ3v) is 3.68. The first-order valence-electron chi connectivity index (χ1n) is 6.35. The average molecular weight is 251 g/mol. The first kappa shape index (κ1) is 11.9. The Morgan fingerprint density at radius 2 is 2.33 bits per heavy atom. The Balaban J connectivity index is 1.77. The second-order valence-corrected chi connectivity index (χ2v) is 4.82. The third-order valence-electron chi connectivity index (χ3n) is 3.68. The van der Waals surface area contributed by atoms with Crippen LogP contribution in [0.4, 0.5) is 4.39 Å². The van der Waals surface area contributed by atoms with Gasteiger partial charge in [-0.25, -0.2) is 4.39 Å². The van der Waals surface area contributed by atoms with Crippen molar-refractivity contribution in [3.63, 3.8) is 0 Å². The van der Waals surface area contributed by atoms with Gasteiger partial charge in [-0.2, -0.15) is 0 Å². The topological polar surface area (TPSA) is 36.5 Å². The lowest BCUT2D eigenvalue weighted by molar-refractivity contribution is 0.166. The highest BCUT2D eigenvalue weighted by molar-refractivity contribution is 5.31. The fourth-order valence-corrected chi connectivity index (χ4v) is 2.72. The smallest absolute Gasteiger partial charge is 0.165 e. The van der Waals surface area contributed by atoms with Gasteiger partial charge in [0.2, 0.25) is 0 Å². The molecule has 2 saturated heterocycles. The van der Waals surface area contributed by atoms with Crippen LogP contribution < -0.4 is 15.4 Å². The number of hydrogen-bond acceptors (Lipinski definition) is 4. The van der Waals surface area contributed by atoms with E-state index in [-0.39, 0.29) is 18.1 Å². The number of rotatable bonds is 2. The molecular formula is C13H18FN3O. The SMILES string of the molecule is COc1ccc(C2CN3CCCNC3N2)cc1F. The summed E-state index contributed by atoms with van der Waals surface area (Å²) in [5.41, 5.74) is 0.976. The molecule has 0 amide bonds. The molecule has 5 heteroatoms. The fraction of sp³-hybridized carbons (Fsp3) is 0.538. The van der Waals surface area contributed by atoms with E-state index >= 15 is 0 Å². The molecule has 1 aromatic rings. The van der Waals surface area contributed by atoms with Gasteiger partial charge in [-0.05, 0) is 30.7 Å². The molecular weight excluding hydrogens is 233 g/mol. The molecule has 2 aliphatic heterocycles. The van der Waals surface area contributed by atoms with Gasteiger partial charge >= 0.3 is 0 Å². The van der Waals surface area contributed by atoms with E-state index in [4.69, 9.17) is 4.74 Å². The predicted molar refractivity (Wildman–Crippen MR) is 66.8 cm³/mol. The molecule has 0 spiro atoms. The predicted octanol–water partition coefficient (Wildman–Crippen LogP) is 1.06. The van der Waals surface area contributed by atoms with Crippen LogP contribution in [0, 0.1) is 5.82 Å². The van der Waals surface area contributed by atoms with E-state index in [0.29, 0.717) is 5.75 Å². The summed E-state index contributed by atoms with van der Waals surface area (Å²) in [6, 6.07) is 5.37. The molecule has 4 nitrogen and oxygen atoms in total. The minimum absolute atomic E-state index is 0.181. The lowest BCUT2D eigenvalue weighted by Crippen LogP contribution is -2.52. The van der Waals surface area contributed by atoms with Crippen molar-refractivity contribution in [3.05, 3.63) is 29.6 Å². The van der Waals surface area contributed by atoms with Crippen molar-refractivity contribution in [3.8, 4) is 5.75 Å². The minimum atomic E-state index is -0.297. The Hall–Kier alpha value is -1.17. The van der Waals surface area contributed by atoms with E-state index in [2.05, 4.69) is 15.5 Å². The summed E-state index contributed by atoms with van der Waals surface area (Å²) in [5, 5.41) is 6.90. The van der Waals surface area contributed by atoms with Crippen molar-refractivity contribution in [2.45, 2.75) is 18.8 Å². The lowest BCUT2D eigenvalue weighted by atomic mass is 10.1. The Morgan fingerprint density at radius 1 is 1.44 bits per heavy atom. The van der Waals surface area contributed by atoms with Crippen LogP contribution in [-0.2, 0) is 0 Å². The second kappa shape index (κ2) is 4.84. The normalized spacial score (nSPS) is 28.1. The fourth-order valence-electron chi connectivity index (χ4n) is 2.72. The zero-order chi connectivity index (χ0) is 12.5. The number of methoxy groups -OCH3 is 1. The van der Waals surface area contributed by atoms with Gasteiger partial charge in [0.15, 0.2) is 11.6 Å². The maximum atomic E-state index is 13.7. The minimum Gasteiger partial charge on any atom is -0.494 e. The zero-order valence-corrected chi connectivity index (χ0v) is 10.4. The quantitative estimate of drug-likeness (QED) is 0.824. The second-order valence-electron chi connectivity index (χ2n) is 4.82. The van der Waals surface area contributed by atoms with E-state index in [9.17, 15) is 4.39 Å². The lowest BCUT2D eigenvalue weighted by Gasteiger charge is -2.29. The van der Waals surface area contributed by atoms with Crippen LogP contribution in [0.3, 0.4) is 0 Å². The van der Waals surface area contributed by atoms with Gasteiger partial charge in [-0.1, -0.05) is 6.07 Å². The Labute approximate surface area is 106 Å². The zero-order valence-electron chi connectivity index (χ0n) is 10.4. The molecule has 0 saturated carbocycles. The summed E-state index contributed by atoms with van der Waals surface area (Å²) in [6.45, 7) is 3.06. The Kier molecular flexibility index (Phi) is 3.20. The summed E-state index contributed by atoms with van der Waals surface area (Å²) in [7, 11) is 1.48. The number of fused-ring (bicyclic) bond motifs is 1. The monoisotopic (exact) mass is 251 g/mol. The number of ether oxygens (including phenoxy) is 1. The van der Waals surface area contributed by atoms with E-state index in [0.717, 1.165) is 25.2 Å². The number of halogens is 1. The molecule has 1 aromatic carbocycles. The van der Waals surface area contributed by atoms with Gasteiger partial charge in [0.1, 0.15) is 6.29 Å². The number of nitrogens with zero attached hydrogens (tertiary/aromatic N) is 1. The molecule has 0 radical (unpaired) electrons. The first-order chi connectivity index (χ1) is 8.78. The summed E-state index contributed by atoms with van der Waals surface area (Å²) in [6.07, 6.45) is 1.40. The Morgan fingerprint density at radius 3 is 3.06 bits per heavy atom. The molecule has 0 bridgehead atoms. The van der Waals surface area contributed by atoms with Crippen molar-refractivity contribution in [1.29, 1.82) is 0 Å². The van der Waals surface area contributed by atoms with Crippen LogP contribution in [0.15, 0.2) is 18.2 Å². The van der Waals surface area contributed by atoms with Gasteiger partial charge in [-0.15, -0.1) is 0 Å². The molecule has 2 fully saturated rings.